The molecule has 1 nitrogen and oxygen atoms in total. The molecule has 0 saturated carbocycles. The maximum absolute atomic E-state index is 5.93. The van der Waals surface area contributed by atoms with E-state index in [1.165, 1.54) is 148 Å². The van der Waals surface area contributed by atoms with Crippen LogP contribution in [0.25, 0.3) is 0 Å². The van der Waals surface area contributed by atoms with E-state index in [0.29, 0.717) is 0 Å². The standard InChI is InChI=1S/C33H68O/c1-6-7-8-9-10-11-12-13-14-15-16-17-18-19-20-21-29-34-30-28-33(5)27-23-26-32(4)25-22-24-31(2)3/h31-33H,6-30H2,1-5H3. The van der Waals surface area contributed by atoms with Gasteiger partial charge in [-0.25, -0.2) is 0 Å². The van der Waals surface area contributed by atoms with Gasteiger partial charge in [-0.1, -0.05) is 169 Å². The minimum absolute atomic E-state index is 0.827. The van der Waals surface area contributed by atoms with Gasteiger partial charge in [0.15, 0.2) is 0 Å². The summed E-state index contributed by atoms with van der Waals surface area (Å²) in [4.78, 5) is 0. The van der Waals surface area contributed by atoms with E-state index in [1.54, 1.807) is 0 Å². The number of rotatable bonds is 28. The molecule has 0 aliphatic carbocycles. The highest BCUT2D eigenvalue weighted by Gasteiger charge is 2.06. The van der Waals surface area contributed by atoms with Crippen LogP contribution in [0.4, 0.5) is 0 Å². The molecule has 0 aromatic heterocycles. The Labute approximate surface area is 218 Å². The van der Waals surface area contributed by atoms with E-state index < -0.39 is 0 Å². The molecule has 34 heavy (non-hydrogen) atoms. The molecule has 0 spiro atoms. The highest BCUT2D eigenvalue weighted by molar-refractivity contribution is 4.59. The molecule has 0 radical (unpaired) electrons. The Morgan fingerprint density at radius 2 is 0.765 bits per heavy atom. The number of hydrogen-bond donors (Lipinski definition) is 0. The second-order valence-electron chi connectivity index (χ2n) is 12.2. The summed E-state index contributed by atoms with van der Waals surface area (Å²) in [5.74, 6) is 2.61. The van der Waals surface area contributed by atoms with Crippen LogP contribution >= 0.6 is 0 Å². The van der Waals surface area contributed by atoms with Crippen molar-refractivity contribution in [3.63, 3.8) is 0 Å². The molecule has 2 atom stereocenters. The van der Waals surface area contributed by atoms with Crippen molar-refractivity contribution in [3.8, 4) is 0 Å². The summed E-state index contributed by atoms with van der Waals surface area (Å²) in [5, 5.41) is 0. The SMILES string of the molecule is CCCCCCCCCCCCCCCCCCOCCC(C)CCCC(C)CCCC(C)C. The summed E-state index contributed by atoms with van der Waals surface area (Å²) in [6.45, 7) is 13.8. The largest absolute Gasteiger partial charge is 0.381 e. The van der Waals surface area contributed by atoms with Crippen LogP contribution in [0.3, 0.4) is 0 Å². The monoisotopic (exact) mass is 481 g/mol. The van der Waals surface area contributed by atoms with E-state index in [-0.39, 0.29) is 0 Å². The molecule has 0 N–H and O–H groups in total. The van der Waals surface area contributed by atoms with Crippen LogP contribution in [-0.4, -0.2) is 13.2 Å². The van der Waals surface area contributed by atoms with Crippen molar-refractivity contribution in [2.45, 2.75) is 182 Å². The summed E-state index contributed by atoms with van der Waals surface area (Å²) >= 11 is 0. The minimum Gasteiger partial charge on any atom is -0.381 e. The first-order valence-corrected chi connectivity index (χ1v) is 16.1. The van der Waals surface area contributed by atoms with Crippen LogP contribution in [-0.2, 0) is 4.74 Å². The van der Waals surface area contributed by atoms with Crippen LogP contribution in [0.15, 0.2) is 0 Å². The lowest BCUT2D eigenvalue weighted by molar-refractivity contribution is 0.116. The van der Waals surface area contributed by atoms with Gasteiger partial charge in [0.05, 0.1) is 0 Å². The van der Waals surface area contributed by atoms with Crippen LogP contribution in [0, 0.1) is 17.8 Å². The number of unbranched alkanes of at least 4 members (excludes halogenated alkanes) is 15. The Kier molecular flexibility index (Phi) is 27.5. The van der Waals surface area contributed by atoms with Gasteiger partial charge in [-0.3, -0.25) is 0 Å². The Bertz CT molecular complexity index is 364. The Hall–Kier alpha value is -0.0400. The van der Waals surface area contributed by atoms with E-state index >= 15 is 0 Å². The fraction of sp³-hybridized carbons (Fsp3) is 1.00. The van der Waals surface area contributed by atoms with E-state index in [4.69, 9.17) is 4.74 Å². The van der Waals surface area contributed by atoms with Gasteiger partial charge in [0, 0.05) is 13.2 Å². The third-order valence-electron chi connectivity index (χ3n) is 7.77. The van der Waals surface area contributed by atoms with Gasteiger partial charge in [0.1, 0.15) is 0 Å². The van der Waals surface area contributed by atoms with Gasteiger partial charge >= 0.3 is 0 Å². The number of ether oxygens (including phenoxy) is 1. The van der Waals surface area contributed by atoms with Crippen molar-refractivity contribution in [2.24, 2.45) is 17.8 Å². The molecule has 1 heteroatoms. The molecule has 2 unspecified atom stereocenters. The van der Waals surface area contributed by atoms with Crippen molar-refractivity contribution in [2.75, 3.05) is 13.2 Å². The predicted octanol–water partition coefficient (Wildman–Crippen LogP) is 11.9. The van der Waals surface area contributed by atoms with E-state index in [2.05, 4.69) is 34.6 Å². The molecular weight excluding hydrogens is 412 g/mol. The average molecular weight is 481 g/mol. The van der Waals surface area contributed by atoms with Crippen LogP contribution in [0.2, 0.25) is 0 Å². The fourth-order valence-corrected chi connectivity index (χ4v) is 5.12. The van der Waals surface area contributed by atoms with Gasteiger partial charge < -0.3 is 4.74 Å². The zero-order valence-electron chi connectivity index (χ0n) is 24.8. The Balaban J connectivity index is 3.20. The van der Waals surface area contributed by atoms with Gasteiger partial charge in [0.2, 0.25) is 0 Å². The van der Waals surface area contributed by atoms with Crippen molar-refractivity contribution in [3.05, 3.63) is 0 Å². The molecule has 0 amide bonds. The minimum atomic E-state index is 0.827. The maximum atomic E-state index is 5.93. The predicted molar refractivity (Wildman–Crippen MR) is 156 cm³/mol. The molecule has 0 fully saturated rings. The summed E-state index contributed by atoms with van der Waals surface area (Å²) < 4.78 is 5.93. The molecule has 0 aliphatic rings. The molecule has 0 aromatic carbocycles. The first kappa shape index (κ1) is 34.0. The second kappa shape index (κ2) is 27.5. The topological polar surface area (TPSA) is 9.23 Å². The molecule has 0 aliphatic heterocycles. The van der Waals surface area contributed by atoms with Crippen molar-refractivity contribution in [1.29, 1.82) is 0 Å². The molecule has 0 saturated heterocycles. The molecule has 0 heterocycles. The Morgan fingerprint density at radius 1 is 0.382 bits per heavy atom. The smallest absolute Gasteiger partial charge is 0.0468 e. The highest BCUT2D eigenvalue weighted by atomic mass is 16.5. The fourth-order valence-electron chi connectivity index (χ4n) is 5.12. The third kappa shape index (κ3) is 28.2. The van der Waals surface area contributed by atoms with Crippen LogP contribution in [0.1, 0.15) is 182 Å². The molecule has 0 aromatic rings. The second-order valence-corrected chi connectivity index (χ2v) is 12.2. The van der Waals surface area contributed by atoms with E-state index in [9.17, 15) is 0 Å². The van der Waals surface area contributed by atoms with E-state index in [0.717, 1.165) is 31.0 Å². The van der Waals surface area contributed by atoms with Gasteiger partial charge in [0.25, 0.3) is 0 Å². The van der Waals surface area contributed by atoms with Gasteiger partial charge in [-0.05, 0) is 30.6 Å². The molecule has 206 valence electrons. The zero-order valence-corrected chi connectivity index (χ0v) is 24.8. The Morgan fingerprint density at radius 3 is 1.21 bits per heavy atom. The van der Waals surface area contributed by atoms with Gasteiger partial charge in [-0.2, -0.15) is 0 Å². The maximum Gasteiger partial charge on any atom is 0.0468 e. The van der Waals surface area contributed by atoms with Crippen molar-refractivity contribution in [1.82, 2.24) is 0 Å². The highest BCUT2D eigenvalue weighted by Crippen LogP contribution is 2.20. The zero-order chi connectivity index (χ0) is 25.1. The molecule has 0 bridgehead atoms. The van der Waals surface area contributed by atoms with Crippen LogP contribution < -0.4 is 0 Å². The van der Waals surface area contributed by atoms with E-state index in [1.807, 2.05) is 0 Å². The normalized spacial score (nSPS) is 13.6. The molecular formula is C33H68O. The lowest BCUT2D eigenvalue weighted by Crippen LogP contribution is -2.04. The first-order chi connectivity index (χ1) is 16.6. The van der Waals surface area contributed by atoms with Crippen molar-refractivity contribution >= 4 is 0 Å². The average Bonchev–Trinajstić information content (AvgIpc) is 2.80. The van der Waals surface area contributed by atoms with Crippen LogP contribution in [0.5, 0.6) is 0 Å². The first-order valence-electron chi connectivity index (χ1n) is 16.1. The summed E-state index contributed by atoms with van der Waals surface area (Å²) in [7, 11) is 0. The lowest BCUT2D eigenvalue weighted by atomic mass is 9.93. The van der Waals surface area contributed by atoms with Gasteiger partial charge in [-0.15, -0.1) is 0 Å². The lowest BCUT2D eigenvalue weighted by Gasteiger charge is -2.15. The molecule has 0 rings (SSSR count). The summed E-state index contributed by atoms with van der Waals surface area (Å²) in [5.41, 5.74) is 0. The van der Waals surface area contributed by atoms with Crippen molar-refractivity contribution < 1.29 is 4.74 Å². The quantitative estimate of drug-likeness (QED) is 0.101. The summed E-state index contributed by atoms with van der Waals surface area (Å²) in [6.07, 6.45) is 32.7. The summed E-state index contributed by atoms with van der Waals surface area (Å²) in [6, 6.07) is 0. The third-order valence-corrected chi connectivity index (χ3v) is 7.77. The number of hydrogen-bond acceptors (Lipinski definition) is 1.